The average Bonchev–Trinajstić information content (AvgIpc) is 3.29. The zero-order chi connectivity index (χ0) is 22.0. The van der Waals surface area contributed by atoms with Gasteiger partial charge in [0.2, 0.25) is 0 Å². The van der Waals surface area contributed by atoms with Crippen molar-refractivity contribution in [2.75, 3.05) is 11.9 Å². The molecule has 0 radical (unpaired) electrons. The first-order chi connectivity index (χ1) is 14.8. The molecule has 162 valence electrons. The Morgan fingerprint density at radius 1 is 1.13 bits per heavy atom. The highest BCUT2D eigenvalue weighted by Gasteiger charge is 2.34. The third-order valence-corrected chi connectivity index (χ3v) is 5.44. The van der Waals surface area contributed by atoms with Crippen LogP contribution in [-0.4, -0.2) is 49.4 Å². The normalized spacial score (nSPS) is 19.3. The Kier molecular flexibility index (Phi) is 5.62. The Bertz CT molecular complexity index is 1040. The third kappa shape index (κ3) is 4.37. The average molecular weight is 430 g/mol. The number of pyridine rings is 1. The van der Waals surface area contributed by atoms with E-state index in [0.29, 0.717) is 23.6 Å². The van der Waals surface area contributed by atoms with E-state index in [0.717, 1.165) is 25.1 Å². The lowest BCUT2D eigenvalue weighted by molar-refractivity contribution is -0.137. The van der Waals surface area contributed by atoms with Crippen molar-refractivity contribution in [2.24, 2.45) is 0 Å². The minimum atomic E-state index is -4.43. The number of para-hydroxylation sites is 1. The fourth-order valence-corrected chi connectivity index (χ4v) is 3.78. The Balaban J connectivity index is 1.52. The third-order valence-electron chi connectivity index (χ3n) is 5.44. The predicted molar refractivity (Wildman–Crippen MR) is 108 cm³/mol. The first kappa shape index (κ1) is 20.8. The van der Waals surface area contributed by atoms with E-state index in [2.05, 4.69) is 20.5 Å². The Morgan fingerprint density at radius 2 is 1.87 bits per heavy atom. The number of likely N-dealkylation sites (tertiary alicyclic amines) is 1. The van der Waals surface area contributed by atoms with Gasteiger partial charge in [-0.2, -0.15) is 28.2 Å². The van der Waals surface area contributed by atoms with Crippen LogP contribution in [0.3, 0.4) is 0 Å². The van der Waals surface area contributed by atoms with E-state index < -0.39 is 11.7 Å². The molecule has 2 aromatic heterocycles. The quantitative estimate of drug-likeness (QED) is 0.682. The van der Waals surface area contributed by atoms with Gasteiger partial charge in [0.05, 0.1) is 29.2 Å². The summed E-state index contributed by atoms with van der Waals surface area (Å²) in [5.41, 5.74) is 0.276. The van der Waals surface area contributed by atoms with Gasteiger partial charge >= 0.3 is 6.18 Å². The Morgan fingerprint density at radius 3 is 2.55 bits per heavy atom. The number of hydrogen-bond acceptors (Lipinski definition) is 5. The maximum Gasteiger partial charge on any atom is 0.417 e. The van der Waals surface area contributed by atoms with Crippen LogP contribution in [0.1, 0.15) is 35.7 Å². The zero-order valence-electron chi connectivity index (χ0n) is 16.8. The van der Waals surface area contributed by atoms with Crippen molar-refractivity contribution in [2.45, 2.75) is 38.0 Å². The maximum atomic E-state index is 13.4. The number of amides is 1. The zero-order valence-corrected chi connectivity index (χ0v) is 16.8. The minimum Gasteiger partial charge on any atom is -0.365 e. The van der Waals surface area contributed by atoms with Gasteiger partial charge in [-0.1, -0.05) is 12.1 Å². The lowest BCUT2D eigenvalue weighted by atomic mass is 9.96. The van der Waals surface area contributed by atoms with Gasteiger partial charge in [0.25, 0.3) is 5.91 Å². The summed E-state index contributed by atoms with van der Waals surface area (Å²) in [6, 6.07) is 9.10. The van der Waals surface area contributed by atoms with Crippen molar-refractivity contribution < 1.29 is 18.0 Å². The van der Waals surface area contributed by atoms with Crippen molar-refractivity contribution >= 4 is 11.7 Å². The molecule has 0 bridgehead atoms. The number of benzene rings is 1. The summed E-state index contributed by atoms with van der Waals surface area (Å²) >= 11 is 0. The molecule has 1 aromatic carbocycles. The van der Waals surface area contributed by atoms with Gasteiger partial charge in [-0.3, -0.25) is 4.79 Å². The van der Waals surface area contributed by atoms with Gasteiger partial charge in [-0.15, -0.1) is 0 Å². The number of carbonyl (C=O) groups is 1. The summed E-state index contributed by atoms with van der Waals surface area (Å²) in [6.07, 6.45) is 1.01. The standard InChI is InChI=1S/C21H21F3N6O/c1-14-17(28-19-9-8-15(13-25-19)21(22,23)24)6-4-12-29(14)20(31)16-5-2-3-7-18(16)30-26-10-11-27-30/h2-3,5,7-11,13-14,17H,4,6,12H2,1H3,(H,25,28). The maximum absolute atomic E-state index is 13.4. The molecule has 3 heterocycles. The Hall–Kier alpha value is -3.43. The molecule has 0 aliphatic carbocycles. The van der Waals surface area contributed by atoms with Gasteiger partial charge in [0.15, 0.2) is 0 Å². The topological polar surface area (TPSA) is 75.9 Å². The van der Waals surface area contributed by atoms with E-state index in [4.69, 9.17) is 0 Å². The van der Waals surface area contributed by atoms with E-state index >= 15 is 0 Å². The van der Waals surface area contributed by atoms with Crippen molar-refractivity contribution in [1.29, 1.82) is 0 Å². The highest BCUT2D eigenvalue weighted by atomic mass is 19.4. The van der Waals surface area contributed by atoms with Crippen molar-refractivity contribution in [1.82, 2.24) is 24.9 Å². The van der Waals surface area contributed by atoms with Crippen LogP contribution in [0.2, 0.25) is 0 Å². The first-order valence-electron chi connectivity index (χ1n) is 9.91. The molecule has 4 rings (SSSR count). The number of nitrogens with zero attached hydrogens (tertiary/aromatic N) is 5. The number of carbonyl (C=O) groups excluding carboxylic acids is 1. The minimum absolute atomic E-state index is 0.142. The molecule has 0 saturated carbocycles. The van der Waals surface area contributed by atoms with Crippen molar-refractivity contribution in [3.05, 3.63) is 66.1 Å². The predicted octanol–water partition coefficient (Wildman–Crippen LogP) is 3.79. The molecule has 7 nitrogen and oxygen atoms in total. The van der Waals surface area contributed by atoms with E-state index in [-0.39, 0.29) is 18.0 Å². The second kappa shape index (κ2) is 8.37. The van der Waals surface area contributed by atoms with E-state index in [1.807, 2.05) is 13.0 Å². The number of aromatic nitrogens is 4. The molecule has 31 heavy (non-hydrogen) atoms. The molecular weight excluding hydrogens is 409 g/mol. The second-order valence-electron chi connectivity index (χ2n) is 7.40. The molecule has 0 spiro atoms. The monoisotopic (exact) mass is 430 g/mol. The lowest BCUT2D eigenvalue weighted by Crippen LogP contribution is -2.52. The van der Waals surface area contributed by atoms with Gasteiger partial charge < -0.3 is 10.2 Å². The van der Waals surface area contributed by atoms with Crippen LogP contribution in [0.25, 0.3) is 5.69 Å². The fourth-order valence-electron chi connectivity index (χ4n) is 3.78. The van der Waals surface area contributed by atoms with E-state index in [1.54, 1.807) is 35.5 Å². The number of hydrogen-bond donors (Lipinski definition) is 1. The molecule has 1 saturated heterocycles. The number of anilines is 1. The number of piperidine rings is 1. The van der Waals surface area contributed by atoms with E-state index in [1.165, 1.54) is 10.9 Å². The molecule has 2 atom stereocenters. The number of nitrogens with one attached hydrogen (secondary N) is 1. The molecule has 3 aromatic rings. The molecule has 10 heteroatoms. The fraction of sp³-hybridized carbons (Fsp3) is 0.333. The molecule has 1 amide bonds. The van der Waals surface area contributed by atoms with Gasteiger partial charge in [-0.25, -0.2) is 4.98 Å². The summed E-state index contributed by atoms with van der Waals surface area (Å²) in [5.74, 6) is 0.201. The summed E-state index contributed by atoms with van der Waals surface area (Å²) < 4.78 is 38.3. The number of rotatable bonds is 4. The Labute approximate surface area is 176 Å². The van der Waals surface area contributed by atoms with Crippen molar-refractivity contribution in [3.8, 4) is 5.69 Å². The summed E-state index contributed by atoms with van der Waals surface area (Å²) in [5, 5.41) is 11.4. The molecule has 1 N–H and O–H groups in total. The van der Waals surface area contributed by atoms with Crippen LogP contribution >= 0.6 is 0 Å². The first-order valence-corrected chi connectivity index (χ1v) is 9.91. The summed E-state index contributed by atoms with van der Waals surface area (Å²) in [7, 11) is 0. The molecule has 1 fully saturated rings. The van der Waals surface area contributed by atoms with Crippen LogP contribution < -0.4 is 5.32 Å². The molecular formula is C21H21F3N6O. The highest BCUT2D eigenvalue weighted by molar-refractivity contribution is 5.98. The van der Waals surface area contributed by atoms with Crippen LogP contribution in [0.5, 0.6) is 0 Å². The highest BCUT2D eigenvalue weighted by Crippen LogP contribution is 2.30. The molecule has 2 unspecified atom stereocenters. The summed E-state index contributed by atoms with van der Waals surface area (Å²) in [4.78, 5) is 20.4. The van der Waals surface area contributed by atoms with E-state index in [9.17, 15) is 18.0 Å². The van der Waals surface area contributed by atoms with Crippen LogP contribution in [0.15, 0.2) is 55.0 Å². The summed E-state index contributed by atoms with van der Waals surface area (Å²) in [6.45, 7) is 2.51. The molecule has 1 aliphatic heterocycles. The van der Waals surface area contributed by atoms with Gasteiger partial charge in [-0.05, 0) is 44.0 Å². The number of halogens is 3. The number of alkyl halides is 3. The van der Waals surface area contributed by atoms with Gasteiger partial charge in [0, 0.05) is 24.8 Å². The van der Waals surface area contributed by atoms with Gasteiger partial charge in [0.1, 0.15) is 5.82 Å². The smallest absolute Gasteiger partial charge is 0.365 e. The lowest BCUT2D eigenvalue weighted by Gasteiger charge is -2.40. The second-order valence-corrected chi connectivity index (χ2v) is 7.40. The van der Waals surface area contributed by atoms with Crippen LogP contribution in [0, 0.1) is 0 Å². The molecule has 1 aliphatic rings. The largest absolute Gasteiger partial charge is 0.417 e. The van der Waals surface area contributed by atoms with Crippen LogP contribution in [-0.2, 0) is 6.18 Å². The SMILES string of the molecule is CC1C(Nc2ccc(C(F)(F)F)cn2)CCCN1C(=O)c1ccccc1-n1nccn1. The van der Waals surface area contributed by atoms with Crippen molar-refractivity contribution in [3.63, 3.8) is 0 Å². The van der Waals surface area contributed by atoms with Crippen LogP contribution in [0.4, 0.5) is 19.0 Å².